The van der Waals surface area contributed by atoms with Crippen LogP contribution in [0.4, 0.5) is 0 Å². The number of fused-ring (bicyclic) bond motifs is 1. The molecule has 2 heteroatoms. The van der Waals surface area contributed by atoms with E-state index < -0.39 is 6.10 Å². The van der Waals surface area contributed by atoms with Gasteiger partial charge in [-0.25, -0.2) is 0 Å². The van der Waals surface area contributed by atoms with Gasteiger partial charge in [0.15, 0.2) is 11.9 Å². The molecule has 0 saturated carbocycles. The Morgan fingerprint density at radius 1 is 1.00 bits per heavy atom. The lowest BCUT2D eigenvalue weighted by atomic mass is 10.1. The van der Waals surface area contributed by atoms with Gasteiger partial charge in [-0.05, 0) is 23.8 Å². The molecule has 2 aromatic rings. The van der Waals surface area contributed by atoms with Gasteiger partial charge in [0.2, 0.25) is 0 Å². The summed E-state index contributed by atoms with van der Waals surface area (Å²) in [6, 6.07) is 17.4. The highest BCUT2D eigenvalue weighted by molar-refractivity contribution is 5.99. The van der Waals surface area contributed by atoms with Crippen LogP contribution in [0.25, 0.3) is 12.2 Å². The largest absolute Gasteiger partial charge is 0.478 e. The lowest BCUT2D eigenvalue weighted by molar-refractivity contribution is -0.119. The second-order valence-electron chi connectivity index (χ2n) is 4.58. The van der Waals surface area contributed by atoms with E-state index in [2.05, 4.69) is 0 Å². The molecule has 1 heterocycles. The predicted molar refractivity (Wildman–Crippen MR) is 80.4 cm³/mol. The van der Waals surface area contributed by atoms with E-state index >= 15 is 0 Å². The molecule has 1 aliphatic rings. The number of carbonyl (C=O) groups excluding carboxylic acids is 1. The second-order valence-corrected chi connectivity index (χ2v) is 4.58. The number of rotatable bonds is 3. The molecule has 1 atom stereocenters. The van der Waals surface area contributed by atoms with Gasteiger partial charge in [0.25, 0.3) is 0 Å². The van der Waals surface area contributed by atoms with Crippen molar-refractivity contribution in [3.05, 3.63) is 77.9 Å². The third-order valence-corrected chi connectivity index (χ3v) is 3.14. The Morgan fingerprint density at radius 3 is 2.60 bits per heavy atom. The maximum Gasteiger partial charge on any atom is 0.200 e. The van der Waals surface area contributed by atoms with E-state index in [0.29, 0.717) is 0 Å². The van der Waals surface area contributed by atoms with Crippen LogP contribution < -0.4 is 4.74 Å². The summed E-state index contributed by atoms with van der Waals surface area (Å²) in [4.78, 5) is 12.1. The van der Waals surface area contributed by atoms with Gasteiger partial charge in [0, 0.05) is 5.56 Å². The van der Waals surface area contributed by atoms with Crippen molar-refractivity contribution < 1.29 is 9.53 Å². The van der Waals surface area contributed by atoms with Crippen LogP contribution in [0.1, 0.15) is 11.1 Å². The number of hydrogen-bond acceptors (Lipinski definition) is 2. The summed E-state index contributed by atoms with van der Waals surface area (Å²) in [5, 5.41) is 0. The van der Waals surface area contributed by atoms with Gasteiger partial charge in [0.05, 0.1) is 0 Å². The molecule has 0 saturated heterocycles. The molecule has 0 aromatic heterocycles. The van der Waals surface area contributed by atoms with E-state index in [4.69, 9.17) is 4.74 Å². The number of ketones is 1. The van der Waals surface area contributed by atoms with Gasteiger partial charge >= 0.3 is 0 Å². The summed E-state index contributed by atoms with van der Waals surface area (Å²) in [5.74, 6) is 0.695. The highest BCUT2D eigenvalue weighted by atomic mass is 16.5. The molecule has 0 fully saturated rings. The number of carbonyl (C=O) groups is 1. The highest BCUT2D eigenvalue weighted by Gasteiger charge is 2.19. The SMILES string of the molecule is O=C(C=Cc1ccccc1)C1C=Cc2ccccc2O1. The summed E-state index contributed by atoms with van der Waals surface area (Å²) in [6.07, 6.45) is 6.56. The Labute approximate surface area is 118 Å². The molecule has 0 bridgehead atoms. The lowest BCUT2D eigenvalue weighted by Gasteiger charge is -2.19. The molecular weight excluding hydrogens is 248 g/mol. The third kappa shape index (κ3) is 2.69. The summed E-state index contributed by atoms with van der Waals surface area (Å²) < 4.78 is 5.69. The van der Waals surface area contributed by atoms with Crippen molar-refractivity contribution in [3.8, 4) is 5.75 Å². The van der Waals surface area contributed by atoms with Crippen molar-refractivity contribution in [1.82, 2.24) is 0 Å². The molecule has 2 aromatic carbocycles. The number of benzene rings is 2. The fourth-order valence-electron chi connectivity index (χ4n) is 2.08. The Hall–Kier alpha value is -2.61. The molecule has 3 rings (SSSR count). The van der Waals surface area contributed by atoms with Crippen LogP contribution in [0.5, 0.6) is 5.75 Å². The lowest BCUT2D eigenvalue weighted by Crippen LogP contribution is -2.25. The number of ether oxygens (including phenoxy) is 1. The quantitative estimate of drug-likeness (QED) is 0.788. The van der Waals surface area contributed by atoms with Crippen molar-refractivity contribution in [1.29, 1.82) is 0 Å². The minimum atomic E-state index is -0.537. The van der Waals surface area contributed by atoms with E-state index in [1.807, 2.05) is 60.7 Å². The Balaban J connectivity index is 1.72. The summed E-state index contributed by atoms with van der Waals surface area (Å²) >= 11 is 0. The highest BCUT2D eigenvalue weighted by Crippen LogP contribution is 2.25. The summed E-state index contributed by atoms with van der Waals surface area (Å²) in [5.41, 5.74) is 2.00. The van der Waals surface area contributed by atoms with Gasteiger partial charge in [-0.1, -0.05) is 60.7 Å². The minimum Gasteiger partial charge on any atom is -0.478 e. The van der Waals surface area contributed by atoms with Gasteiger partial charge < -0.3 is 4.74 Å². The van der Waals surface area contributed by atoms with Crippen molar-refractivity contribution >= 4 is 17.9 Å². The zero-order chi connectivity index (χ0) is 13.8. The van der Waals surface area contributed by atoms with Crippen LogP contribution in [0.15, 0.2) is 66.7 Å². The molecule has 98 valence electrons. The van der Waals surface area contributed by atoms with E-state index in [-0.39, 0.29) is 5.78 Å². The zero-order valence-electron chi connectivity index (χ0n) is 10.9. The zero-order valence-corrected chi connectivity index (χ0v) is 10.9. The summed E-state index contributed by atoms with van der Waals surface area (Å²) in [7, 11) is 0. The molecular formula is C18H14O2. The van der Waals surface area contributed by atoms with Gasteiger partial charge in [-0.3, -0.25) is 4.79 Å². The molecule has 2 nitrogen and oxygen atoms in total. The van der Waals surface area contributed by atoms with Crippen molar-refractivity contribution in [2.45, 2.75) is 6.10 Å². The van der Waals surface area contributed by atoms with Gasteiger partial charge in [0.1, 0.15) is 5.75 Å². The van der Waals surface area contributed by atoms with E-state index in [1.165, 1.54) is 0 Å². The fourth-order valence-corrected chi connectivity index (χ4v) is 2.08. The van der Waals surface area contributed by atoms with Gasteiger partial charge in [-0.2, -0.15) is 0 Å². The van der Waals surface area contributed by atoms with Crippen LogP contribution in [-0.4, -0.2) is 11.9 Å². The monoisotopic (exact) mass is 262 g/mol. The summed E-state index contributed by atoms with van der Waals surface area (Å²) in [6.45, 7) is 0. The van der Waals surface area contributed by atoms with Crippen molar-refractivity contribution in [3.63, 3.8) is 0 Å². The number of hydrogen-bond donors (Lipinski definition) is 0. The minimum absolute atomic E-state index is 0.0559. The molecule has 20 heavy (non-hydrogen) atoms. The van der Waals surface area contributed by atoms with Crippen LogP contribution in [0.3, 0.4) is 0 Å². The average molecular weight is 262 g/mol. The first-order valence-electron chi connectivity index (χ1n) is 6.54. The van der Waals surface area contributed by atoms with Crippen LogP contribution in [0.2, 0.25) is 0 Å². The Kier molecular flexibility index (Phi) is 3.46. The van der Waals surface area contributed by atoms with Crippen molar-refractivity contribution in [2.24, 2.45) is 0 Å². The molecule has 0 N–H and O–H groups in total. The molecule has 0 radical (unpaired) electrons. The molecule has 1 aliphatic heterocycles. The first-order valence-corrected chi connectivity index (χ1v) is 6.54. The van der Waals surface area contributed by atoms with Crippen LogP contribution in [0, 0.1) is 0 Å². The fraction of sp³-hybridized carbons (Fsp3) is 0.0556. The molecule has 0 spiro atoms. The first kappa shape index (κ1) is 12.4. The van der Waals surface area contributed by atoms with E-state index in [9.17, 15) is 4.79 Å². The average Bonchev–Trinajstić information content (AvgIpc) is 2.53. The molecule has 0 aliphatic carbocycles. The van der Waals surface area contributed by atoms with Gasteiger partial charge in [-0.15, -0.1) is 0 Å². The van der Waals surface area contributed by atoms with E-state index in [0.717, 1.165) is 16.9 Å². The Bertz CT molecular complexity index is 669. The third-order valence-electron chi connectivity index (χ3n) is 3.14. The molecule has 1 unspecified atom stereocenters. The maximum atomic E-state index is 12.1. The predicted octanol–water partition coefficient (Wildman–Crippen LogP) is 3.74. The second kappa shape index (κ2) is 5.57. The van der Waals surface area contributed by atoms with Crippen LogP contribution in [-0.2, 0) is 4.79 Å². The molecule has 0 amide bonds. The smallest absolute Gasteiger partial charge is 0.200 e. The topological polar surface area (TPSA) is 26.3 Å². The van der Waals surface area contributed by atoms with Crippen LogP contribution >= 0.6 is 0 Å². The number of para-hydroxylation sites is 1. The Morgan fingerprint density at radius 2 is 1.75 bits per heavy atom. The first-order chi connectivity index (χ1) is 9.83. The van der Waals surface area contributed by atoms with E-state index in [1.54, 1.807) is 18.2 Å². The standard InChI is InChI=1S/C18H14O2/c19-16(12-10-14-6-2-1-3-7-14)18-13-11-15-8-4-5-9-17(15)20-18/h1-13,18H. The normalized spacial score (nSPS) is 16.7. The van der Waals surface area contributed by atoms with Crippen molar-refractivity contribution in [2.75, 3.05) is 0 Å². The maximum absolute atomic E-state index is 12.1.